The summed E-state index contributed by atoms with van der Waals surface area (Å²) in [5.74, 6) is -0.155. The summed E-state index contributed by atoms with van der Waals surface area (Å²) < 4.78 is 7.22. The Labute approximate surface area is 134 Å². The Bertz CT molecular complexity index is 587. The first-order valence-corrected chi connectivity index (χ1v) is 7.72. The maximum atomic E-state index is 11.4. The third-order valence-corrected chi connectivity index (χ3v) is 3.72. The average Bonchev–Trinajstić information content (AvgIpc) is 2.47. The number of carbonyl (C=O) groups is 1. The SMILES string of the molecule is CCOC(=O)/C=C/C(=C(\[S-])SCC#N)[n+]1ccc(C)cc1. The van der Waals surface area contributed by atoms with Crippen molar-refractivity contribution in [1.29, 1.82) is 5.26 Å². The highest BCUT2D eigenvalue weighted by Crippen LogP contribution is 2.18. The molecule has 1 rings (SSSR count). The predicted molar refractivity (Wildman–Crippen MR) is 85.8 cm³/mol. The fourth-order valence-electron chi connectivity index (χ4n) is 1.43. The first-order valence-electron chi connectivity index (χ1n) is 6.32. The quantitative estimate of drug-likeness (QED) is 0.265. The van der Waals surface area contributed by atoms with Gasteiger partial charge in [-0.3, -0.25) is 0 Å². The second-order valence-corrected chi connectivity index (χ2v) is 5.64. The first-order chi connectivity index (χ1) is 10.1. The molecule has 0 saturated carbocycles. The molecule has 0 bridgehead atoms. The van der Waals surface area contributed by atoms with Gasteiger partial charge in [0, 0.05) is 24.3 Å². The molecule has 1 heterocycles. The van der Waals surface area contributed by atoms with Crippen molar-refractivity contribution in [3.05, 3.63) is 46.5 Å². The largest absolute Gasteiger partial charge is 0.767 e. The molecule has 110 valence electrons. The minimum atomic E-state index is -0.421. The van der Waals surface area contributed by atoms with Crippen LogP contribution in [0.25, 0.3) is 5.70 Å². The second-order valence-electron chi connectivity index (χ2n) is 3.99. The lowest BCUT2D eigenvalue weighted by Crippen LogP contribution is -2.31. The summed E-state index contributed by atoms with van der Waals surface area (Å²) >= 11 is 6.58. The highest BCUT2D eigenvalue weighted by atomic mass is 32.2. The molecule has 0 fully saturated rings. The lowest BCUT2D eigenvalue weighted by Gasteiger charge is -2.10. The molecule has 0 aliphatic carbocycles. The zero-order valence-corrected chi connectivity index (χ0v) is 13.5. The molecule has 0 aliphatic rings. The number of ether oxygens (including phenoxy) is 1. The smallest absolute Gasteiger partial charge is 0.330 e. The van der Waals surface area contributed by atoms with Gasteiger partial charge in [0.1, 0.15) is 0 Å². The van der Waals surface area contributed by atoms with Crippen LogP contribution in [0.5, 0.6) is 0 Å². The van der Waals surface area contributed by atoms with Gasteiger partial charge < -0.3 is 17.4 Å². The van der Waals surface area contributed by atoms with E-state index in [2.05, 4.69) is 0 Å². The second kappa shape index (κ2) is 9.16. The van der Waals surface area contributed by atoms with Crippen molar-refractivity contribution in [3.8, 4) is 6.07 Å². The van der Waals surface area contributed by atoms with Gasteiger partial charge in [0.25, 0.3) is 0 Å². The summed E-state index contributed by atoms with van der Waals surface area (Å²) in [6, 6.07) is 5.92. The monoisotopic (exact) mass is 320 g/mol. The minimum absolute atomic E-state index is 0.266. The van der Waals surface area contributed by atoms with Gasteiger partial charge in [0.2, 0.25) is 0 Å². The number of nitriles is 1. The number of aryl methyl sites for hydroxylation is 1. The van der Waals surface area contributed by atoms with E-state index < -0.39 is 5.97 Å². The van der Waals surface area contributed by atoms with Crippen molar-refractivity contribution in [2.45, 2.75) is 13.8 Å². The predicted octanol–water partition coefficient (Wildman–Crippen LogP) is 2.33. The van der Waals surface area contributed by atoms with Crippen LogP contribution in [0.2, 0.25) is 0 Å². The summed E-state index contributed by atoms with van der Waals surface area (Å²) in [4.78, 5) is 11.4. The van der Waals surface area contributed by atoms with Crippen molar-refractivity contribution in [1.82, 2.24) is 0 Å². The van der Waals surface area contributed by atoms with Gasteiger partial charge in [-0.05, 0) is 19.4 Å². The molecule has 21 heavy (non-hydrogen) atoms. The summed E-state index contributed by atoms with van der Waals surface area (Å²) in [7, 11) is 0. The molecular formula is C15H16N2O2S2. The topological polar surface area (TPSA) is 54.0 Å². The molecule has 0 N–H and O–H groups in total. The third kappa shape index (κ3) is 5.98. The van der Waals surface area contributed by atoms with Crippen molar-refractivity contribution in [2.75, 3.05) is 12.4 Å². The number of rotatable bonds is 6. The van der Waals surface area contributed by atoms with Crippen LogP contribution in [0, 0.1) is 18.3 Å². The standard InChI is InChI=1S/C15H16N2O2S2/c1-3-19-14(18)5-4-13(15(20)21-11-8-16)17-9-6-12(2)7-10-17/h4-7,9-10H,3,11H2,1-2H3. The van der Waals surface area contributed by atoms with Crippen LogP contribution in [0.1, 0.15) is 12.5 Å². The van der Waals surface area contributed by atoms with Gasteiger partial charge in [0.15, 0.2) is 18.1 Å². The van der Waals surface area contributed by atoms with Crippen LogP contribution in [0.3, 0.4) is 0 Å². The Balaban J connectivity index is 3.08. The molecule has 0 unspecified atom stereocenters. The molecule has 0 aromatic carbocycles. The fraction of sp³-hybridized carbons (Fsp3) is 0.267. The van der Waals surface area contributed by atoms with Crippen LogP contribution >= 0.6 is 11.8 Å². The number of nitrogens with zero attached hydrogens (tertiary/aromatic N) is 2. The van der Waals surface area contributed by atoms with Gasteiger partial charge in [-0.15, -0.1) is 11.8 Å². The molecule has 4 nitrogen and oxygen atoms in total. The van der Waals surface area contributed by atoms with Crippen LogP contribution < -0.4 is 4.57 Å². The van der Waals surface area contributed by atoms with E-state index >= 15 is 0 Å². The fourth-order valence-corrected chi connectivity index (χ4v) is 2.30. The number of pyridine rings is 1. The van der Waals surface area contributed by atoms with Crippen molar-refractivity contribution in [2.24, 2.45) is 0 Å². The number of thioether (sulfide) groups is 1. The van der Waals surface area contributed by atoms with E-state index in [1.165, 1.54) is 17.8 Å². The van der Waals surface area contributed by atoms with Gasteiger partial charge in [-0.1, -0.05) is 4.24 Å². The van der Waals surface area contributed by atoms with E-state index in [9.17, 15) is 4.79 Å². The molecule has 0 radical (unpaired) electrons. The van der Waals surface area contributed by atoms with Gasteiger partial charge in [-0.2, -0.15) is 9.83 Å². The molecular weight excluding hydrogens is 304 g/mol. The zero-order chi connectivity index (χ0) is 15.7. The van der Waals surface area contributed by atoms with E-state index in [0.717, 1.165) is 5.56 Å². The number of esters is 1. The maximum Gasteiger partial charge on any atom is 0.330 e. The maximum absolute atomic E-state index is 11.4. The Morgan fingerprint density at radius 3 is 2.71 bits per heavy atom. The van der Waals surface area contributed by atoms with E-state index in [0.29, 0.717) is 16.5 Å². The molecule has 1 aromatic rings. The van der Waals surface area contributed by atoms with E-state index in [1.807, 2.05) is 42.1 Å². The average molecular weight is 320 g/mol. The Kier molecular flexibility index (Phi) is 7.51. The van der Waals surface area contributed by atoms with E-state index in [4.69, 9.17) is 22.6 Å². The van der Waals surface area contributed by atoms with Crippen LogP contribution in [-0.4, -0.2) is 18.3 Å². The van der Waals surface area contributed by atoms with Gasteiger partial charge in [-0.25, -0.2) is 4.79 Å². The van der Waals surface area contributed by atoms with Crippen molar-refractivity contribution < 1.29 is 14.1 Å². The van der Waals surface area contributed by atoms with Crippen molar-refractivity contribution in [3.63, 3.8) is 0 Å². The van der Waals surface area contributed by atoms with Crippen LogP contribution in [0.4, 0.5) is 0 Å². The molecule has 0 saturated heterocycles. The number of hydrogen-bond donors (Lipinski definition) is 0. The van der Waals surface area contributed by atoms with Gasteiger partial charge >= 0.3 is 5.97 Å². The van der Waals surface area contributed by atoms with E-state index in [1.54, 1.807) is 13.0 Å². The minimum Gasteiger partial charge on any atom is -0.767 e. The number of carbonyl (C=O) groups excluding carboxylic acids is 1. The molecule has 0 aliphatic heterocycles. The Hall–Kier alpha value is -1.84. The first kappa shape index (κ1) is 17.2. The highest BCUT2D eigenvalue weighted by Gasteiger charge is 2.08. The summed E-state index contributed by atoms with van der Waals surface area (Å²) in [6.07, 6.45) is 6.67. The molecule has 1 aromatic heterocycles. The lowest BCUT2D eigenvalue weighted by atomic mass is 10.3. The molecule has 6 heteroatoms. The van der Waals surface area contributed by atoms with E-state index in [-0.39, 0.29) is 5.75 Å². The van der Waals surface area contributed by atoms with Crippen LogP contribution in [0.15, 0.2) is 40.9 Å². The third-order valence-electron chi connectivity index (χ3n) is 2.42. The number of hydrogen-bond acceptors (Lipinski definition) is 5. The molecule has 0 amide bonds. The summed E-state index contributed by atoms with van der Waals surface area (Å²) in [6.45, 7) is 4.06. The molecule has 0 spiro atoms. The lowest BCUT2D eigenvalue weighted by molar-refractivity contribution is -0.578. The van der Waals surface area contributed by atoms with Gasteiger partial charge in [0.05, 0.1) is 18.4 Å². The van der Waals surface area contributed by atoms with Crippen LogP contribution in [-0.2, 0) is 22.2 Å². The summed E-state index contributed by atoms with van der Waals surface area (Å²) in [5.41, 5.74) is 1.79. The summed E-state index contributed by atoms with van der Waals surface area (Å²) in [5, 5.41) is 8.65. The Morgan fingerprint density at radius 1 is 1.48 bits per heavy atom. The zero-order valence-electron chi connectivity index (χ0n) is 11.9. The molecule has 0 atom stereocenters. The normalized spacial score (nSPS) is 11.9. The van der Waals surface area contributed by atoms with Crippen molar-refractivity contribution >= 4 is 36.1 Å². The number of aromatic nitrogens is 1. The highest BCUT2D eigenvalue weighted by molar-refractivity contribution is 8.11. The Morgan fingerprint density at radius 2 is 2.14 bits per heavy atom. The number of allylic oxidation sites excluding steroid dienone is 2.